The Kier molecular flexibility index (Phi) is 6.31. The van der Waals surface area contributed by atoms with Gasteiger partial charge in [0.15, 0.2) is 0 Å². The van der Waals surface area contributed by atoms with E-state index in [0.717, 1.165) is 37.7 Å². The fourth-order valence-corrected chi connectivity index (χ4v) is 6.69. The Morgan fingerprint density at radius 1 is 1.10 bits per heavy atom. The molecule has 154 valence electrons. The number of sulfonamides is 1. The minimum Gasteiger partial charge on any atom is -0.379 e. The molecule has 1 aromatic carbocycles. The van der Waals surface area contributed by atoms with E-state index in [2.05, 4.69) is 16.3 Å². The summed E-state index contributed by atoms with van der Waals surface area (Å²) >= 11 is 2.72. The summed E-state index contributed by atoms with van der Waals surface area (Å²) in [6.45, 7) is 4.33. The smallest absolute Gasteiger partial charge is 0.274 e. The number of nitrogens with zero attached hydrogens (tertiary/aromatic N) is 2. The maximum atomic E-state index is 13.4. The second-order valence-corrected chi connectivity index (χ2v) is 10.8. The van der Waals surface area contributed by atoms with E-state index in [-0.39, 0.29) is 10.8 Å². The van der Waals surface area contributed by atoms with Crippen molar-refractivity contribution in [1.29, 1.82) is 0 Å². The Bertz CT molecular complexity index is 1030. The van der Waals surface area contributed by atoms with Crippen LogP contribution in [-0.2, 0) is 27.8 Å². The van der Waals surface area contributed by atoms with Crippen LogP contribution in [0.5, 0.6) is 0 Å². The van der Waals surface area contributed by atoms with Crippen molar-refractivity contribution in [1.82, 2.24) is 4.90 Å². The van der Waals surface area contributed by atoms with E-state index >= 15 is 0 Å². The molecular weight excluding hydrogens is 431 g/mol. The third-order valence-corrected chi connectivity index (χ3v) is 8.79. The molecule has 0 unspecified atom stereocenters. The minimum atomic E-state index is -3.73. The van der Waals surface area contributed by atoms with Crippen LogP contribution in [0.2, 0.25) is 0 Å². The molecule has 29 heavy (non-hydrogen) atoms. The average Bonchev–Trinajstić information content (AvgIpc) is 3.40. The molecule has 0 amide bonds. The lowest BCUT2D eigenvalue weighted by Gasteiger charge is -2.26. The van der Waals surface area contributed by atoms with Gasteiger partial charge in [-0.05, 0) is 52.7 Å². The van der Waals surface area contributed by atoms with Gasteiger partial charge in [-0.25, -0.2) is 12.8 Å². The molecule has 0 aliphatic carbocycles. The van der Waals surface area contributed by atoms with E-state index < -0.39 is 15.8 Å². The molecule has 1 aliphatic rings. The molecule has 9 heteroatoms. The minimum absolute atomic E-state index is 0.208. The van der Waals surface area contributed by atoms with E-state index in [1.807, 2.05) is 0 Å². The van der Waals surface area contributed by atoms with Gasteiger partial charge in [0, 0.05) is 24.5 Å². The van der Waals surface area contributed by atoms with Crippen molar-refractivity contribution < 1.29 is 17.5 Å². The van der Waals surface area contributed by atoms with Gasteiger partial charge in [0.1, 0.15) is 10.0 Å². The van der Waals surface area contributed by atoms with Crippen LogP contribution in [0.1, 0.15) is 10.4 Å². The topological polar surface area (TPSA) is 49.9 Å². The molecule has 0 radical (unpaired) electrons. The summed E-state index contributed by atoms with van der Waals surface area (Å²) in [5, 5.41) is 3.81. The fourth-order valence-electron chi connectivity index (χ4n) is 3.19. The molecule has 1 aliphatic heterocycles. The van der Waals surface area contributed by atoms with Gasteiger partial charge in [-0.1, -0.05) is 6.07 Å². The van der Waals surface area contributed by atoms with Gasteiger partial charge in [0.2, 0.25) is 0 Å². The van der Waals surface area contributed by atoms with Crippen LogP contribution >= 0.6 is 22.7 Å². The van der Waals surface area contributed by atoms with Crippen LogP contribution in [0.3, 0.4) is 0 Å². The Balaban J connectivity index is 1.58. The third kappa shape index (κ3) is 4.87. The molecule has 3 aromatic rings. The number of hydrogen-bond acceptors (Lipinski definition) is 6. The molecule has 1 fully saturated rings. The first-order valence-corrected chi connectivity index (χ1v) is 12.4. The molecule has 3 heterocycles. The Morgan fingerprint density at radius 2 is 1.86 bits per heavy atom. The SMILES string of the molecule is O=S(=O)(c1cccs1)N(Cc1cc(CN2CCOCC2)cs1)c1ccc(F)cc1. The van der Waals surface area contributed by atoms with Gasteiger partial charge in [-0.15, -0.1) is 22.7 Å². The summed E-state index contributed by atoms with van der Waals surface area (Å²) in [5.41, 5.74) is 1.61. The highest BCUT2D eigenvalue weighted by Gasteiger charge is 2.27. The van der Waals surface area contributed by atoms with Gasteiger partial charge in [0.05, 0.1) is 25.4 Å². The zero-order valence-electron chi connectivity index (χ0n) is 15.7. The van der Waals surface area contributed by atoms with Crippen LogP contribution in [0.25, 0.3) is 0 Å². The molecule has 1 saturated heterocycles. The largest absolute Gasteiger partial charge is 0.379 e. The van der Waals surface area contributed by atoms with Gasteiger partial charge in [-0.3, -0.25) is 9.21 Å². The van der Waals surface area contributed by atoms with Crippen LogP contribution in [-0.4, -0.2) is 39.6 Å². The van der Waals surface area contributed by atoms with E-state index in [4.69, 9.17) is 4.74 Å². The van der Waals surface area contributed by atoms with Crippen LogP contribution in [0, 0.1) is 5.82 Å². The second kappa shape index (κ2) is 8.93. The van der Waals surface area contributed by atoms with E-state index in [9.17, 15) is 12.8 Å². The molecule has 0 spiro atoms. The summed E-state index contributed by atoms with van der Waals surface area (Å²) in [6.07, 6.45) is 0. The van der Waals surface area contributed by atoms with Gasteiger partial charge in [-0.2, -0.15) is 0 Å². The van der Waals surface area contributed by atoms with Crippen LogP contribution in [0.15, 0.2) is 57.4 Å². The predicted octanol–water partition coefficient (Wildman–Crippen LogP) is 4.18. The summed E-state index contributed by atoms with van der Waals surface area (Å²) < 4.78 is 46.9. The monoisotopic (exact) mass is 452 g/mol. The molecule has 4 rings (SSSR count). The normalized spacial score (nSPS) is 15.5. The molecule has 2 aromatic heterocycles. The lowest BCUT2D eigenvalue weighted by molar-refractivity contribution is 0.0342. The lowest BCUT2D eigenvalue weighted by Crippen LogP contribution is -2.35. The first kappa shape index (κ1) is 20.5. The summed E-state index contributed by atoms with van der Waals surface area (Å²) in [4.78, 5) is 3.27. The zero-order chi connectivity index (χ0) is 20.3. The first-order chi connectivity index (χ1) is 14.0. The highest BCUT2D eigenvalue weighted by Crippen LogP contribution is 2.30. The number of morpholine rings is 1. The van der Waals surface area contributed by atoms with Crippen molar-refractivity contribution in [3.8, 4) is 0 Å². The van der Waals surface area contributed by atoms with Crippen molar-refractivity contribution in [3.05, 3.63) is 69.5 Å². The Hall–Kier alpha value is -1.78. The maximum Gasteiger partial charge on any atom is 0.274 e. The fraction of sp³-hybridized carbons (Fsp3) is 0.300. The number of ether oxygens (including phenoxy) is 1. The number of anilines is 1. The number of benzene rings is 1. The maximum absolute atomic E-state index is 13.4. The summed E-state index contributed by atoms with van der Waals surface area (Å²) in [5.74, 6) is -0.397. The van der Waals surface area contributed by atoms with E-state index in [1.165, 1.54) is 45.5 Å². The number of thiophene rings is 2. The highest BCUT2D eigenvalue weighted by molar-refractivity contribution is 7.94. The third-order valence-electron chi connectivity index (χ3n) is 4.67. The van der Waals surface area contributed by atoms with Gasteiger partial charge in [0.25, 0.3) is 10.0 Å². The molecule has 0 bridgehead atoms. The predicted molar refractivity (Wildman–Crippen MR) is 115 cm³/mol. The van der Waals surface area contributed by atoms with Crippen molar-refractivity contribution in [3.63, 3.8) is 0 Å². The number of halogens is 1. The highest BCUT2D eigenvalue weighted by atomic mass is 32.2. The van der Waals surface area contributed by atoms with Crippen molar-refractivity contribution >= 4 is 38.4 Å². The van der Waals surface area contributed by atoms with E-state index in [1.54, 1.807) is 28.8 Å². The Labute approximate surface area is 178 Å². The average molecular weight is 453 g/mol. The first-order valence-electron chi connectivity index (χ1n) is 9.20. The van der Waals surface area contributed by atoms with Crippen molar-refractivity contribution in [2.24, 2.45) is 0 Å². The molecule has 0 N–H and O–H groups in total. The Morgan fingerprint density at radius 3 is 2.55 bits per heavy atom. The quantitative estimate of drug-likeness (QED) is 0.540. The van der Waals surface area contributed by atoms with Crippen LogP contribution < -0.4 is 4.31 Å². The van der Waals surface area contributed by atoms with Crippen molar-refractivity contribution in [2.75, 3.05) is 30.6 Å². The standard InChI is InChI=1S/C20H21FN2O3S3/c21-17-3-5-18(6-4-17)23(29(24,25)20-2-1-11-27-20)14-19-12-16(15-28-19)13-22-7-9-26-10-8-22/h1-6,11-12,15H,7-10,13-14H2. The summed E-state index contributed by atoms with van der Waals surface area (Å²) in [6, 6.07) is 10.9. The molecular formula is C20H21FN2O3S3. The molecule has 0 saturated carbocycles. The number of hydrogen-bond donors (Lipinski definition) is 0. The van der Waals surface area contributed by atoms with Crippen molar-refractivity contribution in [2.45, 2.75) is 17.3 Å². The van der Waals surface area contributed by atoms with E-state index in [0.29, 0.717) is 5.69 Å². The second-order valence-electron chi connectivity index (χ2n) is 6.73. The lowest BCUT2D eigenvalue weighted by atomic mass is 10.2. The van der Waals surface area contributed by atoms with Crippen LogP contribution in [0.4, 0.5) is 10.1 Å². The zero-order valence-corrected chi connectivity index (χ0v) is 18.1. The number of rotatable bonds is 7. The van der Waals surface area contributed by atoms with Gasteiger partial charge < -0.3 is 4.74 Å². The van der Waals surface area contributed by atoms with Gasteiger partial charge >= 0.3 is 0 Å². The summed E-state index contributed by atoms with van der Waals surface area (Å²) in [7, 11) is -3.73. The molecule has 0 atom stereocenters. The molecule has 5 nitrogen and oxygen atoms in total.